The van der Waals surface area contributed by atoms with Gasteiger partial charge in [-0.25, -0.2) is 0 Å². The Morgan fingerprint density at radius 3 is 2.33 bits per heavy atom. The predicted molar refractivity (Wildman–Crippen MR) is 52.1 cm³/mol. The molecule has 0 unspecified atom stereocenters. The minimum absolute atomic E-state index is 0.129. The summed E-state index contributed by atoms with van der Waals surface area (Å²) in [6.07, 6.45) is 0.293. The average Bonchev–Trinajstić information content (AvgIpc) is 2.10. The quantitative estimate of drug-likeness (QED) is 0.358. The van der Waals surface area contributed by atoms with E-state index >= 15 is 0 Å². The van der Waals surface area contributed by atoms with Gasteiger partial charge in [0.1, 0.15) is 12.2 Å². The summed E-state index contributed by atoms with van der Waals surface area (Å²) in [5.74, 6) is -1.72. The highest BCUT2D eigenvalue weighted by Crippen LogP contribution is 1.96. The highest BCUT2D eigenvalue weighted by Gasteiger charge is 2.11. The zero-order valence-electron chi connectivity index (χ0n) is 9.08. The molecule has 0 saturated heterocycles. The Balaban J connectivity index is 3.56. The molecule has 0 atom stereocenters. The Morgan fingerprint density at radius 2 is 1.80 bits per heavy atom. The molecule has 0 aromatic rings. The number of ketones is 1. The fourth-order valence-corrected chi connectivity index (χ4v) is 0.880. The van der Waals surface area contributed by atoms with Crippen molar-refractivity contribution in [1.82, 2.24) is 0 Å². The molecule has 0 fully saturated rings. The molecule has 0 aromatic carbocycles. The molecule has 86 valence electrons. The summed E-state index contributed by atoms with van der Waals surface area (Å²) in [5.41, 5.74) is 0. The topological polar surface area (TPSA) is 69.7 Å². The van der Waals surface area contributed by atoms with Crippen molar-refractivity contribution < 1.29 is 23.9 Å². The van der Waals surface area contributed by atoms with Crippen LogP contribution in [-0.4, -0.2) is 30.9 Å². The fourth-order valence-electron chi connectivity index (χ4n) is 0.880. The number of rotatable bonds is 7. The maximum atomic E-state index is 11.0. The van der Waals surface area contributed by atoms with Crippen molar-refractivity contribution in [1.29, 1.82) is 0 Å². The van der Waals surface area contributed by atoms with Gasteiger partial charge in [-0.3, -0.25) is 14.4 Å². The van der Waals surface area contributed by atoms with Gasteiger partial charge in [-0.15, -0.1) is 0 Å². The molecule has 0 aromatic heterocycles. The molecule has 15 heavy (non-hydrogen) atoms. The lowest BCUT2D eigenvalue weighted by Crippen LogP contribution is -2.15. The van der Waals surface area contributed by atoms with E-state index in [-0.39, 0.29) is 18.6 Å². The monoisotopic (exact) mass is 216 g/mol. The summed E-state index contributed by atoms with van der Waals surface area (Å²) in [5, 5.41) is 0. The van der Waals surface area contributed by atoms with Gasteiger partial charge in [0.2, 0.25) is 0 Å². The summed E-state index contributed by atoms with van der Waals surface area (Å²) in [4.78, 5) is 32.3. The summed E-state index contributed by atoms with van der Waals surface area (Å²) in [7, 11) is 0. The zero-order valence-corrected chi connectivity index (χ0v) is 9.08. The van der Waals surface area contributed by atoms with E-state index in [9.17, 15) is 14.4 Å². The van der Waals surface area contributed by atoms with Crippen molar-refractivity contribution in [2.75, 3.05) is 13.2 Å². The highest BCUT2D eigenvalue weighted by molar-refractivity contribution is 5.98. The predicted octanol–water partition coefficient (Wildman–Crippen LogP) is 0.852. The van der Waals surface area contributed by atoms with Crippen LogP contribution in [0.3, 0.4) is 0 Å². The molecule has 0 aliphatic rings. The molecule has 0 heterocycles. The van der Waals surface area contributed by atoms with Crippen LogP contribution in [0.25, 0.3) is 0 Å². The van der Waals surface area contributed by atoms with Crippen molar-refractivity contribution in [3.8, 4) is 0 Å². The van der Waals surface area contributed by atoms with Gasteiger partial charge in [0.25, 0.3) is 0 Å². The summed E-state index contributed by atoms with van der Waals surface area (Å²) in [6, 6.07) is 0. The molecular formula is C10H16O5. The first-order chi connectivity index (χ1) is 7.06. The second kappa shape index (κ2) is 8.11. The first-order valence-electron chi connectivity index (χ1n) is 4.87. The Labute approximate surface area is 88.7 Å². The van der Waals surface area contributed by atoms with Gasteiger partial charge < -0.3 is 9.47 Å². The fraction of sp³-hybridized carbons (Fsp3) is 0.700. The number of hydrogen-bond acceptors (Lipinski definition) is 5. The molecule has 0 aliphatic heterocycles. The molecule has 0 radical (unpaired) electrons. The van der Waals surface area contributed by atoms with Gasteiger partial charge in [-0.1, -0.05) is 0 Å². The summed E-state index contributed by atoms with van der Waals surface area (Å²) >= 11 is 0. The Morgan fingerprint density at radius 1 is 1.13 bits per heavy atom. The van der Waals surface area contributed by atoms with Crippen LogP contribution in [0, 0.1) is 0 Å². The van der Waals surface area contributed by atoms with E-state index < -0.39 is 11.9 Å². The third kappa shape index (κ3) is 9.08. The van der Waals surface area contributed by atoms with Crippen molar-refractivity contribution >= 4 is 17.7 Å². The van der Waals surface area contributed by atoms with Crippen LogP contribution in [0.15, 0.2) is 0 Å². The number of esters is 2. The lowest BCUT2D eigenvalue weighted by atomic mass is 10.3. The van der Waals surface area contributed by atoms with Gasteiger partial charge in [0, 0.05) is 19.6 Å². The SMILES string of the molecule is CCOCCCC(=O)OC(=O)CC(C)=O. The second-order valence-corrected chi connectivity index (χ2v) is 3.03. The lowest BCUT2D eigenvalue weighted by molar-refractivity contribution is -0.160. The Bertz CT molecular complexity index is 234. The maximum absolute atomic E-state index is 11.0. The van der Waals surface area contributed by atoms with Gasteiger partial charge in [-0.2, -0.15) is 0 Å². The first kappa shape index (κ1) is 13.8. The lowest BCUT2D eigenvalue weighted by Gasteiger charge is -2.01. The van der Waals surface area contributed by atoms with Crippen LogP contribution in [0.4, 0.5) is 0 Å². The number of ether oxygens (including phenoxy) is 2. The summed E-state index contributed by atoms with van der Waals surface area (Å²) in [6.45, 7) is 4.18. The second-order valence-electron chi connectivity index (χ2n) is 3.03. The first-order valence-corrected chi connectivity index (χ1v) is 4.87. The third-order valence-corrected chi connectivity index (χ3v) is 1.49. The van der Waals surface area contributed by atoms with E-state index in [0.29, 0.717) is 19.6 Å². The number of carbonyl (C=O) groups excluding carboxylic acids is 3. The number of Topliss-reactive ketones (excluding diaryl/α,β-unsaturated/α-hetero) is 1. The number of carbonyl (C=O) groups is 3. The Hall–Kier alpha value is -1.23. The smallest absolute Gasteiger partial charge is 0.320 e. The van der Waals surface area contributed by atoms with Crippen molar-refractivity contribution in [3.63, 3.8) is 0 Å². The number of hydrogen-bond donors (Lipinski definition) is 0. The van der Waals surface area contributed by atoms with Crippen molar-refractivity contribution in [3.05, 3.63) is 0 Å². The maximum Gasteiger partial charge on any atom is 0.320 e. The average molecular weight is 216 g/mol. The molecule has 0 N–H and O–H groups in total. The molecular weight excluding hydrogens is 200 g/mol. The van der Waals surface area contributed by atoms with Crippen LogP contribution < -0.4 is 0 Å². The molecule has 0 rings (SSSR count). The van der Waals surface area contributed by atoms with E-state index in [1.807, 2.05) is 6.92 Å². The zero-order chi connectivity index (χ0) is 11.7. The molecule has 0 saturated carbocycles. The van der Waals surface area contributed by atoms with E-state index in [2.05, 4.69) is 4.74 Å². The molecule has 0 spiro atoms. The molecule has 0 aliphatic carbocycles. The molecule has 0 amide bonds. The third-order valence-electron chi connectivity index (χ3n) is 1.49. The largest absolute Gasteiger partial charge is 0.393 e. The van der Waals surface area contributed by atoms with E-state index in [1.165, 1.54) is 6.92 Å². The van der Waals surface area contributed by atoms with Gasteiger partial charge in [-0.05, 0) is 20.3 Å². The van der Waals surface area contributed by atoms with Crippen LogP contribution in [0.1, 0.15) is 33.1 Å². The molecule has 0 bridgehead atoms. The van der Waals surface area contributed by atoms with Crippen LogP contribution in [-0.2, 0) is 23.9 Å². The van der Waals surface area contributed by atoms with E-state index in [4.69, 9.17) is 4.74 Å². The van der Waals surface area contributed by atoms with Crippen LogP contribution in [0.2, 0.25) is 0 Å². The molecule has 5 heteroatoms. The summed E-state index contributed by atoms with van der Waals surface area (Å²) < 4.78 is 9.39. The van der Waals surface area contributed by atoms with Crippen LogP contribution >= 0.6 is 0 Å². The van der Waals surface area contributed by atoms with E-state index in [0.717, 1.165) is 0 Å². The minimum atomic E-state index is -0.788. The normalized spacial score (nSPS) is 9.73. The van der Waals surface area contributed by atoms with Crippen molar-refractivity contribution in [2.24, 2.45) is 0 Å². The van der Waals surface area contributed by atoms with Crippen LogP contribution in [0.5, 0.6) is 0 Å². The molecule has 5 nitrogen and oxygen atoms in total. The minimum Gasteiger partial charge on any atom is -0.393 e. The highest BCUT2D eigenvalue weighted by atomic mass is 16.6. The van der Waals surface area contributed by atoms with Gasteiger partial charge in [0.15, 0.2) is 0 Å². The standard InChI is InChI=1S/C10H16O5/c1-3-14-6-4-5-9(12)15-10(13)7-8(2)11/h3-7H2,1-2H3. The van der Waals surface area contributed by atoms with E-state index in [1.54, 1.807) is 0 Å². The van der Waals surface area contributed by atoms with Gasteiger partial charge >= 0.3 is 11.9 Å². The van der Waals surface area contributed by atoms with Gasteiger partial charge in [0.05, 0.1) is 0 Å². The Kier molecular flexibility index (Phi) is 7.44. The van der Waals surface area contributed by atoms with Crippen molar-refractivity contribution in [2.45, 2.75) is 33.1 Å².